The van der Waals surface area contributed by atoms with Crippen LogP contribution in [-0.4, -0.2) is 29.0 Å². The Hall–Kier alpha value is -1.22. The van der Waals surface area contributed by atoms with E-state index in [9.17, 15) is 0 Å². The third kappa shape index (κ3) is 2.89. The van der Waals surface area contributed by atoms with Crippen molar-refractivity contribution in [3.63, 3.8) is 0 Å². The summed E-state index contributed by atoms with van der Waals surface area (Å²) in [5.74, 6) is 2.39. The van der Waals surface area contributed by atoms with Gasteiger partial charge >= 0.3 is 0 Å². The van der Waals surface area contributed by atoms with Crippen LogP contribution in [0.1, 0.15) is 25.2 Å². The first-order chi connectivity index (χ1) is 7.90. The van der Waals surface area contributed by atoms with Crippen molar-refractivity contribution >= 4 is 17.7 Å². The fraction of sp³-hybridized carbons (Fsp3) is 0.700. The highest BCUT2D eigenvalue weighted by Gasteiger charge is 2.16. The van der Waals surface area contributed by atoms with Gasteiger partial charge in [-0.05, 0) is 24.4 Å². The predicted octanol–water partition coefficient (Wildman–Crippen LogP) is 1.82. The van der Waals surface area contributed by atoms with Crippen molar-refractivity contribution < 1.29 is 4.52 Å². The molecule has 2 rings (SSSR count). The second-order valence-electron chi connectivity index (χ2n) is 3.69. The zero-order valence-electron chi connectivity index (χ0n) is 9.06. The number of rotatable bonds is 4. The molecule has 0 radical (unpaired) electrons. The molecule has 0 unspecified atom stereocenters. The van der Waals surface area contributed by atoms with Gasteiger partial charge in [0, 0.05) is 13.1 Å². The highest BCUT2D eigenvalue weighted by Crippen LogP contribution is 2.18. The molecule has 6 heteroatoms. The minimum Gasteiger partial charge on any atom is -0.338 e. The normalized spacial score (nSPS) is 16.1. The molecule has 0 aromatic carbocycles. The van der Waals surface area contributed by atoms with Crippen LogP contribution in [0.3, 0.4) is 0 Å². The lowest BCUT2D eigenvalue weighted by atomic mass is 10.1. The summed E-state index contributed by atoms with van der Waals surface area (Å²) in [6.45, 7) is 2.04. The zero-order valence-corrected chi connectivity index (χ0v) is 9.87. The molecule has 1 aromatic rings. The first kappa shape index (κ1) is 11.3. The van der Waals surface area contributed by atoms with Crippen molar-refractivity contribution in [2.75, 3.05) is 23.7 Å². The van der Waals surface area contributed by atoms with Gasteiger partial charge in [0.25, 0.3) is 5.95 Å². The van der Waals surface area contributed by atoms with Gasteiger partial charge in [0.2, 0.25) is 5.89 Å². The predicted molar refractivity (Wildman–Crippen MR) is 62.1 cm³/mol. The summed E-state index contributed by atoms with van der Waals surface area (Å²) in [7, 11) is 0. The van der Waals surface area contributed by atoms with Gasteiger partial charge in [-0.2, -0.15) is 10.2 Å². The van der Waals surface area contributed by atoms with Gasteiger partial charge in [-0.1, -0.05) is 0 Å². The summed E-state index contributed by atoms with van der Waals surface area (Å²) in [5, 5.41) is 12.4. The van der Waals surface area contributed by atoms with Crippen LogP contribution in [0, 0.1) is 11.3 Å². The summed E-state index contributed by atoms with van der Waals surface area (Å²) >= 11 is 1.49. The molecule has 16 heavy (non-hydrogen) atoms. The van der Waals surface area contributed by atoms with E-state index in [0.29, 0.717) is 23.3 Å². The number of nitrogens with zero attached hydrogens (tertiary/aromatic N) is 4. The van der Waals surface area contributed by atoms with Crippen LogP contribution in [0.15, 0.2) is 4.52 Å². The van der Waals surface area contributed by atoms with Crippen molar-refractivity contribution in [2.24, 2.45) is 0 Å². The smallest absolute Gasteiger partial charge is 0.266 e. The number of piperidine rings is 1. The molecule has 0 aliphatic carbocycles. The van der Waals surface area contributed by atoms with Crippen LogP contribution in [0.2, 0.25) is 0 Å². The Bertz CT molecular complexity index is 367. The SMILES string of the molecule is N#CCSCc1nc(N2CCCCC2)no1. The maximum absolute atomic E-state index is 8.41. The zero-order chi connectivity index (χ0) is 11.2. The number of hydrogen-bond acceptors (Lipinski definition) is 6. The van der Waals surface area contributed by atoms with Gasteiger partial charge < -0.3 is 9.42 Å². The van der Waals surface area contributed by atoms with Crippen molar-refractivity contribution in [1.82, 2.24) is 10.1 Å². The first-order valence-electron chi connectivity index (χ1n) is 5.42. The van der Waals surface area contributed by atoms with E-state index in [2.05, 4.69) is 21.1 Å². The fourth-order valence-corrected chi connectivity index (χ4v) is 2.20. The molecule has 0 bridgehead atoms. The quantitative estimate of drug-likeness (QED) is 0.745. The summed E-state index contributed by atoms with van der Waals surface area (Å²) < 4.78 is 5.13. The van der Waals surface area contributed by atoms with E-state index in [4.69, 9.17) is 9.78 Å². The fourth-order valence-electron chi connectivity index (χ4n) is 1.71. The van der Waals surface area contributed by atoms with E-state index in [1.54, 1.807) is 0 Å². The topological polar surface area (TPSA) is 66.0 Å². The molecule has 1 aliphatic rings. The van der Waals surface area contributed by atoms with Crippen LogP contribution < -0.4 is 4.90 Å². The average molecular weight is 238 g/mol. The Morgan fingerprint density at radius 3 is 2.94 bits per heavy atom. The standard InChI is InChI=1S/C10H14N4OS/c11-4-7-16-8-9-12-10(13-15-9)14-5-2-1-3-6-14/h1-3,5-8H2. The Balaban J connectivity index is 1.88. The largest absolute Gasteiger partial charge is 0.338 e. The first-order valence-corrected chi connectivity index (χ1v) is 6.58. The van der Waals surface area contributed by atoms with Crippen LogP contribution in [0.25, 0.3) is 0 Å². The molecular formula is C10H14N4OS. The molecule has 0 spiro atoms. The lowest BCUT2D eigenvalue weighted by molar-refractivity contribution is 0.388. The van der Waals surface area contributed by atoms with Crippen molar-refractivity contribution in [3.8, 4) is 6.07 Å². The molecule has 0 amide bonds. The Morgan fingerprint density at radius 2 is 2.19 bits per heavy atom. The maximum atomic E-state index is 8.41. The second-order valence-corrected chi connectivity index (χ2v) is 4.67. The maximum Gasteiger partial charge on any atom is 0.266 e. The molecule has 0 N–H and O–H groups in total. The van der Waals surface area contributed by atoms with Gasteiger partial charge in [0.1, 0.15) is 0 Å². The molecule has 1 saturated heterocycles. The molecule has 0 saturated carbocycles. The Labute approximate surface area is 98.8 Å². The van der Waals surface area contributed by atoms with Crippen molar-refractivity contribution in [3.05, 3.63) is 5.89 Å². The number of nitriles is 1. The van der Waals surface area contributed by atoms with Crippen LogP contribution >= 0.6 is 11.8 Å². The molecule has 1 aliphatic heterocycles. The number of anilines is 1. The molecule has 2 heterocycles. The molecule has 5 nitrogen and oxygen atoms in total. The average Bonchev–Trinajstić information content (AvgIpc) is 2.79. The molecule has 1 fully saturated rings. The third-order valence-electron chi connectivity index (χ3n) is 2.49. The Kier molecular flexibility index (Phi) is 4.05. The van der Waals surface area contributed by atoms with Crippen molar-refractivity contribution in [2.45, 2.75) is 25.0 Å². The summed E-state index contributed by atoms with van der Waals surface area (Å²) in [6, 6.07) is 2.07. The highest BCUT2D eigenvalue weighted by atomic mass is 32.2. The van der Waals surface area contributed by atoms with E-state index in [1.807, 2.05) is 0 Å². The van der Waals surface area contributed by atoms with Crippen molar-refractivity contribution in [1.29, 1.82) is 5.26 Å². The van der Waals surface area contributed by atoms with E-state index >= 15 is 0 Å². The van der Waals surface area contributed by atoms with E-state index in [1.165, 1.54) is 31.0 Å². The molecule has 0 atom stereocenters. The molecule has 86 valence electrons. The van der Waals surface area contributed by atoms with Gasteiger partial charge in [-0.25, -0.2) is 0 Å². The van der Waals surface area contributed by atoms with Gasteiger partial charge in [-0.3, -0.25) is 0 Å². The van der Waals surface area contributed by atoms with Crippen LogP contribution in [0.4, 0.5) is 5.95 Å². The minimum absolute atomic E-state index is 0.460. The van der Waals surface area contributed by atoms with E-state index in [0.717, 1.165) is 13.1 Å². The number of thioether (sulfide) groups is 1. The lowest BCUT2D eigenvalue weighted by Gasteiger charge is -2.24. The molecule has 1 aromatic heterocycles. The van der Waals surface area contributed by atoms with E-state index in [-0.39, 0.29) is 0 Å². The van der Waals surface area contributed by atoms with Gasteiger partial charge in [-0.15, -0.1) is 11.8 Å². The van der Waals surface area contributed by atoms with Gasteiger partial charge in [0.15, 0.2) is 0 Å². The van der Waals surface area contributed by atoms with Crippen LogP contribution in [-0.2, 0) is 5.75 Å². The monoisotopic (exact) mass is 238 g/mol. The summed E-state index contributed by atoms with van der Waals surface area (Å²) in [4.78, 5) is 6.48. The van der Waals surface area contributed by atoms with Crippen LogP contribution in [0.5, 0.6) is 0 Å². The number of hydrogen-bond donors (Lipinski definition) is 0. The third-order valence-corrected chi connectivity index (χ3v) is 3.27. The lowest BCUT2D eigenvalue weighted by Crippen LogP contribution is -2.30. The second kappa shape index (κ2) is 5.75. The minimum atomic E-state index is 0.460. The van der Waals surface area contributed by atoms with E-state index < -0.39 is 0 Å². The number of aromatic nitrogens is 2. The van der Waals surface area contributed by atoms with Gasteiger partial charge in [0.05, 0.1) is 17.6 Å². The summed E-state index contributed by atoms with van der Waals surface area (Å²) in [5.41, 5.74) is 0. The Morgan fingerprint density at radius 1 is 1.38 bits per heavy atom. The molecular weight excluding hydrogens is 224 g/mol. The highest BCUT2D eigenvalue weighted by molar-refractivity contribution is 7.98. The summed E-state index contributed by atoms with van der Waals surface area (Å²) in [6.07, 6.45) is 3.69.